The molecule has 1 aliphatic heterocycles. The molecule has 0 aliphatic carbocycles. The Labute approximate surface area is 196 Å². The van der Waals surface area contributed by atoms with Crippen LogP contribution in [0.4, 0.5) is 5.69 Å². The van der Waals surface area contributed by atoms with Crippen molar-refractivity contribution in [2.45, 2.75) is 79.8 Å². The smallest absolute Gasteiger partial charge is 0.239 e. The number of piperidine rings is 1. The number of rotatable bonds is 9. The van der Waals surface area contributed by atoms with Crippen molar-refractivity contribution in [3.63, 3.8) is 0 Å². The van der Waals surface area contributed by atoms with Crippen LogP contribution in [0.1, 0.15) is 67.7 Å². The summed E-state index contributed by atoms with van der Waals surface area (Å²) in [6.45, 7) is 18.0. The van der Waals surface area contributed by atoms with E-state index in [1.165, 1.54) is 5.57 Å². The van der Waals surface area contributed by atoms with Crippen molar-refractivity contribution >= 4 is 11.6 Å². The van der Waals surface area contributed by atoms with Gasteiger partial charge in [0.15, 0.2) is 0 Å². The molecule has 1 aliphatic rings. The van der Waals surface area contributed by atoms with Gasteiger partial charge < -0.3 is 20.3 Å². The van der Waals surface area contributed by atoms with Gasteiger partial charge in [0.25, 0.3) is 0 Å². The average Bonchev–Trinajstić information content (AvgIpc) is 2.71. The summed E-state index contributed by atoms with van der Waals surface area (Å²) >= 11 is 0. The molecule has 32 heavy (non-hydrogen) atoms. The van der Waals surface area contributed by atoms with Crippen LogP contribution in [0.25, 0.3) is 0 Å². The molecule has 5 heteroatoms. The molecule has 180 valence electrons. The largest absolute Gasteiger partial charge is 0.493 e. The minimum absolute atomic E-state index is 0.0940. The first-order valence-corrected chi connectivity index (χ1v) is 12.1. The normalized spacial score (nSPS) is 17.8. The van der Waals surface area contributed by atoms with Gasteiger partial charge in [0.1, 0.15) is 5.75 Å². The van der Waals surface area contributed by atoms with Crippen LogP contribution < -0.4 is 15.4 Å². The van der Waals surface area contributed by atoms with Gasteiger partial charge in [-0.2, -0.15) is 0 Å². The lowest BCUT2D eigenvalue weighted by Crippen LogP contribution is -2.54. The number of nitrogens with zero attached hydrogens (tertiary/aromatic N) is 2. The molecule has 0 bridgehead atoms. The van der Waals surface area contributed by atoms with Gasteiger partial charge in [0.2, 0.25) is 5.91 Å². The van der Waals surface area contributed by atoms with E-state index in [2.05, 4.69) is 83.7 Å². The highest BCUT2D eigenvalue weighted by atomic mass is 16.5. The van der Waals surface area contributed by atoms with Gasteiger partial charge >= 0.3 is 0 Å². The Morgan fingerprint density at radius 3 is 2.47 bits per heavy atom. The number of benzene rings is 1. The van der Waals surface area contributed by atoms with Gasteiger partial charge in [-0.3, -0.25) is 4.79 Å². The predicted molar refractivity (Wildman–Crippen MR) is 135 cm³/mol. The molecule has 1 amide bonds. The summed E-state index contributed by atoms with van der Waals surface area (Å²) in [4.78, 5) is 17.4. The van der Waals surface area contributed by atoms with Crippen LogP contribution in [0, 0.1) is 11.3 Å². The number of ether oxygens (including phenoxy) is 1. The SMILES string of the molecule is CC(C)=CCN(c1ccc(OCC(C)(C)C)cc1)[C@H]1CCCN(C(=O)C(N)CC(C)C)C1. The molecule has 2 N–H and O–H groups in total. The van der Waals surface area contributed by atoms with E-state index in [0.29, 0.717) is 12.5 Å². The second-order valence-electron chi connectivity index (χ2n) is 11.1. The first-order valence-electron chi connectivity index (χ1n) is 12.1. The third-order valence-corrected chi connectivity index (χ3v) is 5.73. The van der Waals surface area contributed by atoms with Crippen molar-refractivity contribution < 1.29 is 9.53 Å². The van der Waals surface area contributed by atoms with Crippen LogP contribution in [-0.2, 0) is 4.79 Å². The fourth-order valence-electron chi connectivity index (χ4n) is 4.03. The number of carbonyl (C=O) groups is 1. The lowest BCUT2D eigenvalue weighted by molar-refractivity contribution is -0.134. The first-order chi connectivity index (χ1) is 15.0. The fourth-order valence-corrected chi connectivity index (χ4v) is 4.03. The number of carbonyl (C=O) groups excluding carboxylic acids is 1. The summed E-state index contributed by atoms with van der Waals surface area (Å²) in [6.07, 6.45) is 5.07. The maximum Gasteiger partial charge on any atom is 0.239 e. The van der Waals surface area contributed by atoms with E-state index in [9.17, 15) is 4.79 Å². The van der Waals surface area contributed by atoms with Crippen LogP contribution in [-0.4, -0.2) is 49.1 Å². The summed E-state index contributed by atoms with van der Waals surface area (Å²) < 4.78 is 5.96. The van der Waals surface area contributed by atoms with Gasteiger partial charge in [0.05, 0.1) is 12.6 Å². The Hall–Kier alpha value is -2.01. The number of anilines is 1. The molecule has 1 aromatic rings. The molecular formula is C27H45N3O2. The first kappa shape index (κ1) is 26.2. The molecule has 0 spiro atoms. The van der Waals surface area contributed by atoms with Crippen molar-refractivity contribution in [1.82, 2.24) is 4.90 Å². The molecule has 0 aromatic heterocycles. The Morgan fingerprint density at radius 1 is 1.25 bits per heavy atom. The zero-order valence-corrected chi connectivity index (χ0v) is 21.4. The van der Waals surface area contributed by atoms with Crippen molar-refractivity contribution in [3.8, 4) is 5.75 Å². The lowest BCUT2D eigenvalue weighted by Gasteiger charge is -2.41. The van der Waals surface area contributed by atoms with E-state index in [1.54, 1.807) is 0 Å². The summed E-state index contributed by atoms with van der Waals surface area (Å²) in [5.74, 6) is 1.41. The van der Waals surface area contributed by atoms with E-state index in [1.807, 2.05) is 4.90 Å². The molecule has 1 unspecified atom stereocenters. The molecular weight excluding hydrogens is 398 g/mol. The van der Waals surface area contributed by atoms with Crippen molar-refractivity contribution in [2.75, 3.05) is 31.1 Å². The number of hydrogen-bond donors (Lipinski definition) is 1. The summed E-state index contributed by atoms with van der Waals surface area (Å²) in [7, 11) is 0. The monoisotopic (exact) mass is 443 g/mol. The fraction of sp³-hybridized carbons (Fsp3) is 0.667. The zero-order valence-electron chi connectivity index (χ0n) is 21.4. The second kappa shape index (κ2) is 11.7. The van der Waals surface area contributed by atoms with E-state index >= 15 is 0 Å². The molecule has 0 radical (unpaired) electrons. The second-order valence-corrected chi connectivity index (χ2v) is 11.1. The van der Waals surface area contributed by atoms with Crippen LogP contribution in [0.3, 0.4) is 0 Å². The van der Waals surface area contributed by atoms with Gasteiger partial charge in [0, 0.05) is 31.4 Å². The Bertz CT molecular complexity index is 745. The van der Waals surface area contributed by atoms with Gasteiger partial charge in [-0.05, 0) is 68.7 Å². The quantitative estimate of drug-likeness (QED) is 0.530. The Balaban J connectivity index is 2.15. The minimum Gasteiger partial charge on any atom is -0.493 e. The number of allylic oxidation sites excluding steroid dienone is 1. The van der Waals surface area contributed by atoms with Crippen LogP contribution in [0.2, 0.25) is 0 Å². The highest BCUT2D eigenvalue weighted by Gasteiger charge is 2.30. The van der Waals surface area contributed by atoms with Crippen LogP contribution in [0.5, 0.6) is 5.75 Å². The molecule has 1 heterocycles. The topological polar surface area (TPSA) is 58.8 Å². The molecule has 0 saturated carbocycles. The summed E-state index contributed by atoms with van der Waals surface area (Å²) in [5, 5.41) is 0. The van der Waals surface area contributed by atoms with Crippen molar-refractivity contribution in [2.24, 2.45) is 17.1 Å². The molecule has 1 saturated heterocycles. The van der Waals surface area contributed by atoms with Gasteiger partial charge in [-0.1, -0.05) is 46.3 Å². The van der Waals surface area contributed by atoms with E-state index < -0.39 is 6.04 Å². The third kappa shape index (κ3) is 8.50. The predicted octanol–water partition coefficient (Wildman–Crippen LogP) is 5.25. The Kier molecular flexibility index (Phi) is 9.63. The minimum atomic E-state index is -0.403. The standard InChI is InChI=1S/C27H45N3O2/c1-20(2)14-16-30(22-10-12-24(13-11-22)32-19-27(5,6)7)23-9-8-15-29(18-23)26(31)25(28)17-21(3)4/h10-14,21,23,25H,8-9,15-19,28H2,1-7H3/t23-,25?/m0/s1. The average molecular weight is 444 g/mol. The van der Waals surface area contributed by atoms with E-state index in [-0.39, 0.29) is 17.4 Å². The van der Waals surface area contributed by atoms with Crippen molar-refractivity contribution in [1.29, 1.82) is 0 Å². The molecule has 2 rings (SSSR count). The van der Waals surface area contributed by atoms with E-state index in [0.717, 1.165) is 50.3 Å². The Morgan fingerprint density at radius 2 is 1.91 bits per heavy atom. The van der Waals surface area contributed by atoms with E-state index in [4.69, 9.17) is 10.5 Å². The number of amides is 1. The third-order valence-electron chi connectivity index (χ3n) is 5.73. The van der Waals surface area contributed by atoms with Crippen LogP contribution in [0.15, 0.2) is 35.9 Å². The summed E-state index contributed by atoms with van der Waals surface area (Å²) in [6, 6.07) is 8.27. The molecule has 1 fully saturated rings. The van der Waals surface area contributed by atoms with Crippen LogP contribution >= 0.6 is 0 Å². The summed E-state index contributed by atoms with van der Waals surface area (Å²) in [5.41, 5.74) is 8.81. The highest BCUT2D eigenvalue weighted by molar-refractivity contribution is 5.81. The zero-order chi connectivity index (χ0) is 23.9. The maximum atomic E-state index is 13.0. The number of hydrogen-bond acceptors (Lipinski definition) is 4. The maximum absolute atomic E-state index is 13.0. The van der Waals surface area contributed by atoms with Gasteiger partial charge in [-0.15, -0.1) is 0 Å². The molecule has 2 atom stereocenters. The van der Waals surface area contributed by atoms with Gasteiger partial charge in [-0.25, -0.2) is 0 Å². The highest BCUT2D eigenvalue weighted by Crippen LogP contribution is 2.27. The molecule has 5 nitrogen and oxygen atoms in total. The molecule has 1 aromatic carbocycles. The number of likely N-dealkylation sites (tertiary alicyclic amines) is 1. The van der Waals surface area contributed by atoms with Crippen molar-refractivity contribution in [3.05, 3.63) is 35.9 Å². The number of nitrogens with two attached hydrogens (primary N) is 1. The lowest BCUT2D eigenvalue weighted by atomic mass is 9.99.